The van der Waals surface area contributed by atoms with Crippen LogP contribution in [0, 0.1) is 17.3 Å². The molecule has 4 nitrogen and oxygen atoms in total. The second kappa shape index (κ2) is 8.05. The van der Waals surface area contributed by atoms with E-state index in [-0.39, 0.29) is 18.8 Å². The molecule has 1 aromatic carbocycles. The Balaban J connectivity index is 1.67. The Morgan fingerprint density at radius 2 is 1.80 bits per heavy atom. The van der Waals surface area contributed by atoms with Gasteiger partial charge in [0.1, 0.15) is 5.60 Å². The molecule has 35 heavy (non-hydrogen) atoms. The molecule has 2 saturated carbocycles. The predicted octanol–water partition coefficient (Wildman–Crippen LogP) is 6.34. The summed E-state index contributed by atoms with van der Waals surface area (Å²) >= 11 is 0. The highest BCUT2D eigenvalue weighted by Crippen LogP contribution is 2.70. The van der Waals surface area contributed by atoms with Crippen LogP contribution in [-0.4, -0.2) is 40.8 Å². The van der Waals surface area contributed by atoms with Crippen LogP contribution in [0.5, 0.6) is 0 Å². The predicted molar refractivity (Wildman–Crippen MR) is 118 cm³/mol. The first kappa shape index (κ1) is 24.3. The van der Waals surface area contributed by atoms with Gasteiger partial charge in [-0.25, -0.2) is 0 Å². The average Bonchev–Trinajstić information content (AvgIpc) is 3.10. The maximum Gasteiger partial charge on any atom is 0.456 e. The molecule has 9 heteroatoms. The van der Waals surface area contributed by atoms with Gasteiger partial charge in [0.25, 0.3) is 0 Å². The lowest BCUT2D eigenvalue weighted by Crippen LogP contribution is -2.65. The molecule has 0 amide bonds. The number of hydrogen-bond acceptors (Lipinski definition) is 4. The summed E-state index contributed by atoms with van der Waals surface area (Å²) in [6, 6.07) is 7.03. The Morgan fingerprint density at radius 1 is 1.09 bits per heavy atom. The summed E-state index contributed by atoms with van der Waals surface area (Å²) in [5.74, 6) is -6.32. The summed E-state index contributed by atoms with van der Waals surface area (Å²) < 4.78 is 76.1. The van der Waals surface area contributed by atoms with Gasteiger partial charge in [-0.05, 0) is 66.2 Å². The minimum Gasteiger partial charge on any atom is -0.501 e. The molecule has 0 spiro atoms. The molecule has 2 fully saturated rings. The summed E-state index contributed by atoms with van der Waals surface area (Å²) in [5.41, 5.74) is -0.134. The summed E-state index contributed by atoms with van der Waals surface area (Å²) in [6.45, 7) is 1.92. The molecule has 3 aliphatic carbocycles. The lowest BCUT2D eigenvalue weighted by atomic mass is 9.50. The summed E-state index contributed by atoms with van der Waals surface area (Å²) in [4.78, 5) is 0. The number of oxime groups is 1. The zero-order valence-electron chi connectivity index (χ0n) is 19.3. The van der Waals surface area contributed by atoms with Crippen molar-refractivity contribution in [3.63, 3.8) is 0 Å². The third-order valence-electron chi connectivity index (χ3n) is 9.05. The molecule has 190 valence electrons. The van der Waals surface area contributed by atoms with E-state index in [1.807, 2.05) is 0 Å². The van der Waals surface area contributed by atoms with Gasteiger partial charge in [-0.15, -0.1) is 0 Å². The molecule has 0 saturated heterocycles. The number of fused-ring (bicyclic) bond motifs is 4. The van der Waals surface area contributed by atoms with E-state index in [2.05, 4.69) is 5.16 Å². The highest BCUT2D eigenvalue weighted by Gasteiger charge is 2.79. The van der Waals surface area contributed by atoms with Gasteiger partial charge in [0, 0.05) is 17.8 Å². The highest BCUT2D eigenvalue weighted by molar-refractivity contribution is 5.79. The Labute approximate surface area is 200 Å². The monoisotopic (exact) mass is 497 g/mol. The molecule has 1 aliphatic heterocycles. The smallest absolute Gasteiger partial charge is 0.456 e. The van der Waals surface area contributed by atoms with Crippen LogP contribution < -0.4 is 0 Å². The maximum atomic E-state index is 14.9. The Kier molecular flexibility index (Phi) is 5.58. The second-order valence-electron chi connectivity index (χ2n) is 10.5. The zero-order chi connectivity index (χ0) is 25.2. The van der Waals surface area contributed by atoms with Gasteiger partial charge in [0.05, 0.1) is 19.1 Å². The van der Waals surface area contributed by atoms with E-state index in [4.69, 9.17) is 9.94 Å². The van der Waals surface area contributed by atoms with Crippen LogP contribution >= 0.6 is 0 Å². The SMILES string of the molecule is C[C@]12C[C@H](c3ccc(C=NO)cc3)C3=C4CCOC=C4CCC3C1CC[C@@]2(O)C(F)(F)C(F)(F)F. The standard InChI is InChI=1S/C26H28F5NO3/c1-23-12-20(16-4-2-15(3-5-16)13-32-34)22-18-9-11-35-14-17(18)6-7-19(22)21(23)8-10-24(23,33)25(27,28)26(29,30)31/h2-5,13-14,19-21,33-34H,6-12H2,1H3/t19?,20-,21?,23+,24+/m1/s1. The summed E-state index contributed by atoms with van der Waals surface area (Å²) in [6.07, 6.45) is -1.38. The molecule has 0 aromatic heterocycles. The van der Waals surface area contributed by atoms with Crippen molar-refractivity contribution in [3.8, 4) is 0 Å². The van der Waals surface area contributed by atoms with Crippen molar-refractivity contribution in [2.24, 2.45) is 22.4 Å². The van der Waals surface area contributed by atoms with E-state index >= 15 is 0 Å². The Bertz CT molecular complexity index is 1090. The number of benzene rings is 1. The number of aliphatic hydroxyl groups is 1. The first-order chi connectivity index (χ1) is 16.4. The van der Waals surface area contributed by atoms with Gasteiger partial charge in [-0.1, -0.05) is 41.9 Å². The number of halogens is 5. The van der Waals surface area contributed by atoms with Crippen molar-refractivity contribution < 1.29 is 37.0 Å². The van der Waals surface area contributed by atoms with Gasteiger partial charge >= 0.3 is 12.1 Å². The van der Waals surface area contributed by atoms with Gasteiger partial charge in [-0.2, -0.15) is 22.0 Å². The van der Waals surface area contributed by atoms with Crippen LogP contribution in [0.4, 0.5) is 22.0 Å². The summed E-state index contributed by atoms with van der Waals surface area (Å²) in [5, 5.41) is 23.1. The molecule has 4 aliphatic rings. The van der Waals surface area contributed by atoms with Crippen LogP contribution in [0.1, 0.15) is 62.5 Å². The molecule has 2 unspecified atom stereocenters. The van der Waals surface area contributed by atoms with E-state index in [0.717, 1.165) is 22.3 Å². The van der Waals surface area contributed by atoms with Crippen LogP contribution in [0.15, 0.2) is 52.4 Å². The molecule has 5 atom stereocenters. The number of ether oxygens (including phenoxy) is 1. The molecule has 1 aromatic rings. The van der Waals surface area contributed by atoms with Crippen molar-refractivity contribution >= 4 is 6.21 Å². The molecule has 2 N–H and O–H groups in total. The summed E-state index contributed by atoms with van der Waals surface area (Å²) in [7, 11) is 0. The van der Waals surface area contributed by atoms with Crippen molar-refractivity contribution in [1.82, 2.24) is 0 Å². The van der Waals surface area contributed by atoms with E-state index in [0.29, 0.717) is 31.4 Å². The first-order valence-electron chi connectivity index (χ1n) is 11.9. The van der Waals surface area contributed by atoms with Crippen molar-refractivity contribution in [2.75, 3.05) is 6.61 Å². The number of hydrogen-bond donors (Lipinski definition) is 2. The van der Waals surface area contributed by atoms with Gasteiger partial charge < -0.3 is 15.1 Å². The topological polar surface area (TPSA) is 62.1 Å². The van der Waals surface area contributed by atoms with Gasteiger partial charge in [-0.3, -0.25) is 0 Å². The third-order valence-corrected chi connectivity index (χ3v) is 9.05. The number of allylic oxidation sites excluding steroid dienone is 2. The zero-order valence-corrected chi connectivity index (χ0v) is 19.3. The van der Waals surface area contributed by atoms with Crippen molar-refractivity contribution in [3.05, 3.63) is 58.4 Å². The van der Waals surface area contributed by atoms with Crippen molar-refractivity contribution in [2.45, 2.75) is 69.1 Å². The van der Waals surface area contributed by atoms with Crippen molar-refractivity contribution in [1.29, 1.82) is 0 Å². The molecular formula is C26H28F5NO3. The van der Waals surface area contributed by atoms with Gasteiger partial charge in [0.15, 0.2) is 0 Å². The number of alkyl halides is 5. The second-order valence-corrected chi connectivity index (χ2v) is 10.5. The van der Waals surface area contributed by atoms with E-state index < -0.39 is 41.4 Å². The largest absolute Gasteiger partial charge is 0.501 e. The van der Waals surface area contributed by atoms with Crippen LogP contribution in [0.2, 0.25) is 0 Å². The van der Waals surface area contributed by atoms with Crippen LogP contribution in [0.25, 0.3) is 0 Å². The van der Waals surface area contributed by atoms with E-state index in [9.17, 15) is 27.1 Å². The van der Waals surface area contributed by atoms with Crippen LogP contribution in [0.3, 0.4) is 0 Å². The molecule has 0 bridgehead atoms. The quantitative estimate of drug-likeness (QED) is 0.222. The third kappa shape index (κ3) is 3.37. The minimum atomic E-state index is -5.84. The average molecular weight is 498 g/mol. The number of rotatable bonds is 3. The molecule has 1 heterocycles. The number of nitrogens with zero attached hydrogens (tertiary/aromatic N) is 1. The molecule has 0 radical (unpaired) electrons. The fraction of sp³-hybridized carbons (Fsp3) is 0.577. The molecule has 5 rings (SSSR count). The Hall–Kier alpha value is -2.42. The van der Waals surface area contributed by atoms with E-state index in [1.54, 1.807) is 30.5 Å². The Morgan fingerprint density at radius 3 is 2.46 bits per heavy atom. The van der Waals surface area contributed by atoms with Gasteiger partial charge in [0.2, 0.25) is 0 Å². The lowest BCUT2D eigenvalue weighted by molar-refractivity contribution is -0.362. The highest BCUT2D eigenvalue weighted by atomic mass is 19.4. The minimum absolute atomic E-state index is 0.0171. The van der Waals surface area contributed by atoms with Crippen LogP contribution in [-0.2, 0) is 4.74 Å². The normalized spacial score (nSPS) is 35.3. The maximum absolute atomic E-state index is 14.9. The molecular weight excluding hydrogens is 469 g/mol. The fourth-order valence-electron chi connectivity index (χ4n) is 7.37. The van der Waals surface area contributed by atoms with E-state index in [1.165, 1.54) is 13.1 Å². The fourth-order valence-corrected chi connectivity index (χ4v) is 7.37. The first-order valence-corrected chi connectivity index (χ1v) is 11.9. The lowest BCUT2D eigenvalue weighted by Gasteiger charge is -2.56.